The van der Waals surface area contributed by atoms with Gasteiger partial charge in [-0.3, -0.25) is 19.8 Å². The lowest BCUT2D eigenvalue weighted by Crippen LogP contribution is -2.55. The lowest BCUT2D eigenvalue weighted by molar-refractivity contribution is -0.125. The molecule has 1 aromatic heterocycles. The molecule has 0 unspecified atom stereocenters. The minimum Gasteiger partial charge on any atom is -0.472 e. The highest BCUT2D eigenvalue weighted by molar-refractivity contribution is 5.96. The van der Waals surface area contributed by atoms with E-state index in [-0.39, 0.29) is 5.91 Å². The van der Waals surface area contributed by atoms with Gasteiger partial charge in [-0.1, -0.05) is 0 Å². The second-order valence-electron chi connectivity index (χ2n) is 4.87. The highest BCUT2D eigenvalue weighted by Crippen LogP contribution is 2.11. The minimum absolute atomic E-state index is 0.0855. The van der Waals surface area contributed by atoms with Crippen LogP contribution in [0, 0.1) is 0 Å². The van der Waals surface area contributed by atoms with E-state index >= 15 is 0 Å². The number of hydrogen-bond acceptors (Lipinski definition) is 5. The number of carbonyl (C=O) groups excluding carboxylic acids is 3. The SMILES string of the molecule is C[C@H](C(=O)NC(N)=O)N1CCN(C(=O)c2ccoc2)CC1. The fourth-order valence-corrected chi connectivity index (χ4v) is 2.27. The van der Waals surface area contributed by atoms with Gasteiger partial charge in [0.05, 0.1) is 17.9 Å². The molecule has 1 aliphatic rings. The molecule has 114 valence electrons. The molecule has 8 nitrogen and oxygen atoms in total. The predicted molar refractivity (Wildman–Crippen MR) is 73.4 cm³/mol. The van der Waals surface area contributed by atoms with Crippen molar-refractivity contribution in [1.82, 2.24) is 15.1 Å². The Hall–Kier alpha value is -2.35. The molecule has 0 aromatic carbocycles. The molecule has 8 heteroatoms. The average Bonchev–Trinajstić information content (AvgIpc) is 2.99. The van der Waals surface area contributed by atoms with Crippen LogP contribution in [-0.4, -0.2) is 59.9 Å². The zero-order valence-corrected chi connectivity index (χ0v) is 11.7. The molecule has 2 heterocycles. The van der Waals surface area contributed by atoms with Gasteiger partial charge in [-0.15, -0.1) is 0 Å². The quantitative estimate of drug-likeness (QED) is 0.790. The van der Waals surface area contributed by atoms with Crippen LogP contribution in [-0.2, 0) is 4.79 Å². The number of piperazine rings is 1. The Kier molecular flexibility index (Phi) is 4.59. The molecular formula is C13H18N4O4. The third kappa shape index (κ3) is 3.60. The Labute approximate surface area is 121 Å². The van der Waals surface area contributed by atoms with Crippen LogP contribution >= 0.6 is 0 Å². The van der Waals surface area contributed by atoms with Gasteiger partial charge in [-0.25, -0.2) is 4.79 Å². The average molecular weight is 294 g/mol. The largest absolute Gasteiger partial charge is 0.472 e. The Balaban J connectivity index is 1.87. The first kappa shape index (κ1) is 15.0. The Bertz CT molecular complexity index is 520. The third-order valence-electron chi connectivity index (χ3n) is 3.54. The highest BCUT2D eigenvalue weighted by Gasteiger charge is 2.28. The Morgan fingerprint density at radius 3 is 2.48 bits per heavy atom. The maximum atomic E-state index is 12.1. The van der Waals surface area contributed by atoms with Crippen LogP contribution in [0.3, 0.4) is 0 Å². The van der Waals surface area contributed by atoms with E-state index < -0.39 is 18.0 Å². The monoisotopic (exact) mass is 294 g/mol. The lowest BCUT2D eigenvalue weighted by Gasteiger charge is -2.37. The molecule has 21 heavy (non-hydrogen) atoms. The number of rotatable bonds is 3. The van der Waals surface area contributed by atoms with Crippen LogP contribution < -0.4 is 11.1 Å². The van der Waals surface area contributed by atoms with Crippen LogP contribution in [0.4, 0.5) is 4.79 Å². The van der Waals surface area contributed by atoms with Gasteiger partial charge >= 0.3 is 6.03 Å². The summed E-state index contributed by atoms with van der Waals surface area (Å²) in [5, 5.41) is 2.06. The van der Waals surface area contributed by atoms with Crippen molar-refractivity contribution in [1.29, 1.82) is 0 Å². The van der Waals surface area contributed by atoms with Crippen molar-refractivity contribution >= 4 is 17.8 Å². The van der Waals surface area contributed by atoms with Crippen molar-refractivity contribution in [3.05, 3.63) is 24.2 Å². The van der Waals surface area contributed by atoms with Crippen molar-refractivity contribution in [3.63, 3.8) is 0 Å². The summed E-state index contributed by atoms with van der Waals surface area (Å²) in [5.74, 6) is -0.519. The first-order chi connectivity index (χ1) is 9.99. The maximum absolute atomic E-state index is 12.1. The number of nitrogens with two attached hydrogens (primary N) is 1. The van der Waals surface area contributed by atoms with Gasteiger partial charge in [0.15, 0.2) is 0 Å². The van der Waals surface area contributed by atoms with E-state index in [9.17, 15) is 14.4 Å². The number of imide groups is 1. The Morgan fingerprint density at radius 1 is 1.29 bits per heavy atom. The molecule has 1 fully saturated rings. The van der Waals surface area contributed by atoms with Gasteiger partial charge in [0.25, 0.3) is 5.91 Å². The number of carbonyl (C=O) groups is 3. The molecule has 0 spiro atoms. The molecule has 0 saturated carbocycles. The number of amides is 4. The van der Waals surface area contributed by atoms with E-state index in [0.717, 1.165) is 0 Å². The van der Waals surface area contributed by atoms with Crippen molar-refractivity contribution in [2.45, 2.75) is 13.0 Å². The number of hydrogen-bond donors (Lipinski definition) is 2. The molecule has 0 bridgehead atoms. The van der Waals surface area contributed by atoms with Crippen molar-refractivity contribution in [2.75, 3.05) is 26.2 Å². The maximum Gasteiger partial charge on any atom is 0.318 e. The molecule has 1 atom stereocenters. The first-order valence-electron chi connectivity index (χ1n) is 6.65. The molecular weight excluding hydrogens is 276 g/mol. The minimum atomic E-state index is -0.861. The molecule has 1 aliphatic heterocycles. The molecule has 2 rings (SSSR count). The van der Waals surface area contributed by atoms with E-state index in [2.05, 4.69) is 5.32 Å². The zero-order chi connectivity index (χ0) is 15.4. The van der Waals surface area contributed by atoms with Crippen LogP contribution in [0.5, 0.6) is 0 Å². The van der Waals surface area contributed by atoms with Crippen molar-refractivity contribution in [2.24, 2.45) is 5.73 Å². The number of urea groups is 1. The number of furan rings is 1. The van der Waals surface area contributed by atoms with Gasteiger partial charge in [-0.2, -0.15) is 0 Å². The van der Waals surface area contributed by atoms with Gasteiger partial charge < -0.3 is 15.1 Å². The van der Waals surface area contributed by atoms with E-state index in [1.165, 1.54) is 12.5 Å². The first-order valence-corrected chi connectivity index (χ1v) is 6.65. The summed E-state index contributed by atoms with van der Waals surface area (Å²) >= 11 is 0. The summed E-state index contributed by atoms with van der Waals surface area (Å²) in [7, 11) is 0. The molecule has 0 radical (unpaired) electrons. The predicted octanol–water partition coefficient (Wildman–Crippen LogP) is -0.379. The number of nitrogens with one attached hydrogen (secondary N) is 1. The van der Waals surface area contributed by atoms with E-state index in [4.69, 9.17) is 10.2 Å². The van der Waals surface area contributed by atoms with E-state index in [1.54, 1.807) is 17.9 Å². The van der Waals surface area contributed by atoms with Crippen LogP contribution in [0.1, 0.15) is 17.3 Å². The van der Waals surface area contributed by atoms with Gasteiger partial charge in [-0.05, 0) is 13.0 Å². The Morgan fingerprint density at radius 2 is 1.95 bits per heavy atom. The number of primary amides is 1. The van der Waals surface area contributed by atoms with Crippen LogP contribution in [0.2, 0.25) is 0 Å². The summed E-state index contributed by atoms with van der Waals surface area (Å²) in [6.07, 6.45) is 2.87. The lowest BCUT2D eigenvalue weighted by atomic mass is 10.2. The van der Waals surface area contributed by atoms with E-state index in [0.29, 0.717) is 31.7 Å². The molecule has 0 aliphatic carbocycles. The van der Waals surface area contributed by atoms with Gasteiger partial charge in [0.2, 0.25) is 5.91 Å². The highest BCUT2D eigenvalue weighted by atomic mass is 16.3. The summed E-state index contributed by atoms with van der Waals surface area (Å²) in [4.78, 5) is 38.1. The van der Waals surface area contributed by atoms with Crippen LogP contribution in [0.25, 0.3) is 0 Å². The fourth-order valence-electron chi connectivity index (χ4n) is 2.27. The fraction of sp³-hybridized carbons (Fsp3) is 0.462. The third-order valence-corrected chi connectivity index (χ3v) is 3.54. The van der Waals surface area contributed by atoms with E-state index in [1.807, 2.05) is 4.90 Å². The molecule has 3 N–H and O–H groups in total. The van der Waals surface area contributed by atoms with Gasteiger partial charge in [0.1, 0.15) is 6.26 Å². The van der Waals surface area contributed by atoms with Gasteiger partial charge in [0, 0.05) is 26.2 Å². The summed E-state index contributed by atoms with van der Waals surface area (Å²) < 4.78 is 4.90. The topological polar surface area (TPSA) is 109 Å². The smallest absolute Gasteiger partial charge is 0.318 e. The molecule has 4 amide bonds. The van der Waals surface area contributed by atoms with Crippen molar-refractivity contribution < 1.29 is 18.8 Å². The normalized spacial score (nSPS) is 17.3. The second kappa shape index (κ2) is 6.40. The summed E-state index contributed by atoms with van der Waals surface area (Å²) in [6.45, 7) is 3.83. The zero-order valence-electron chi connectivity index (χ0n) is 11.7. The standard InChI is InChI=1S/C13H18N4O4/c1-9(11(18)15-13(14)20)16-3-5-17(6-4-16)12(19)10-2-7-21-8-10/h2,7-9H,3-6H2,1H3,(H3,14,15,18,20)/t9-/m1/s1. The number of nitrogens with zero attached hydrogens (tertiary/aromatic N) is 2. The molecule has 1 saturated heterocycles. The second-order valence-corrected chi connectivity index (χ2v) is 4.87. The molecule has 1 aromatic rings. The van der Waals surface area contributed by atoms with Crippen molar-refractivity contribution in [3.8, 4) is 0 Å². The van der Waals surface area contributed by atoms with Crippen LogP contribution in [0.15, 0.2) is 23.0 Å². The summed E-state index contributed by atoms with van der Waals surface area (Å²) in [5.41, 5.74) is 5.44. The summed E-state index contributed by atoms with van der Waals surface area (Å²) in [6, 6.07) is 0.293.